The summed E-state index contributed by atoms with van der Waals surface area (Å²) in [6, 6.07) is 16.0. The quantitative estimate of drug-likeness (QED) is 0.359. The van der Waals surface area contributed by atoms with E-state index >= 15 is 0 Å². The second kappa shape index (κ2) is 8.20. The molecule has 0 atom stereocenters. The fraction of sp³-hybridized carbons (Fsp3) is 0.278. The lowest BCUT2D eigenvalue weighted by atomic mass is 9.96. The van der Waals surface area contributed by atoms with Crippen molar-refractivity contribution in [1.29, 1.82) is 0 Å². The number of guanidine groups is 1. The van der Waals surface area contributed by atoms with Gasteiger partial charge in [-0.25, -0.2) is 0 Å². The maximum Gasteiger partial charge on any atom is 0.193 e. The van der Waals surface area contributed by atoms with Gasteiger partial charge in [0.1, 0.15) is 5.75 Å². The third-order valence-corrected chi connectivity index (χ3v) is 4.90. The van der Waals surface area contributed by atoms with E-state index in [9.17, 15) is 0 Å². The van der Waals surface area contributed by atoms with Crippen LogP contribution < -0.4 is 15.8 Å². The first-order valence-corrected chi connectivity index (χ1v) is 8.38. The molecule has 2 aromatic carbocycles. The fourth-order valence-electron chi connectivity index (χ4n) is 2.65. The van der Waals surface area contributed by atoms with Crippen LogP contribution in [0, 0.1) is 0 Å². The first-order valence-electron chi connectivity index (χ1n) is 7.59. The number of hydrogen-bond acceptors (Lipinski definition) is 2. The van der Waals surface area contributed by atoms with Crippen molar-refractivity contribution in [3.05, 3.63) is 58.6 Å². The molecule has 0 aromatic heterocycles. The summed E-state index contributed by atoms with van der Waals surface area (Å²) in [5.41, 5.74) is 8.38. The largest absolute Gasteiger partial charge is 0.497 e. The second-order valence-electron chi connectivity index (χ2n) is 5.82. The molecule has 6 heteroatoms. The highest BCUT2D eigenvalue weighted by Gasteiger charge is 2.45. The predicted octanol–water partition coefficient (Wildman–Crippen LogP) is 4.53. The number of nitrogens with zero attached hydrogens (tertiary/aromatic N) is 1. The summed E-state index contributed by atoms with van der Waals surface area (Å²) in [5.74, 6) is 1.26. The molecule has 0 unspecified atom stereocenters. The number of nitrogens with two attached hydrogens (primary N) is 1. The molecule has 1 aliphatic rings. The Kier molecular flexibility index (Phi) is 6.51. The van der Waals surface area contributed by atoms with Gasteiger partial charge in [0.25, 0.3) is 0 Å². The van der Waals surface area contributed by atoms with Crippen LogP contribution >= 0.6 is 39.9 Å². The second-order valence-corrected chi connectivity index (χ2v) is 6.67. The van der Waals surface area contributed by atoms with Gasteiger partial charge in [0.15, 0.2) is 5.96 Å². The van der Waals surface area contributed by atoms with Crippen LogP contribution in [0.25, 0.3) is 0 Å². The van der Waals surface area contributed by atoms with E-state index in [1.807, 2.05) is 30.3 Å². The molecule has 1 saturated carbocycles. The molecular formula is C18H21BrIN3O. The molecule has 0 heterocycles. The number of ether oxygens (including phenoxy) is 1. The van der Waals surface area contributed by atoms with Gasteiger partial charge in [-0.3, -0.25) is 4.99 Å². The van der Waals surface area contributed by atoms with Gasteiger partial charge in [0, 0.05) is 15.6 Å². The first-order chi connectivity index (χ1) is 11.1. The molecule has 2 aromatic rings. The van der Waals surface area contributed by atoms with E-state index in [0.29, 0.717) is 12.5 Å². The Hall–Kier alpha value is -1.28. The summed E-state index contributed by atoms with van der Waals surface area (Å²) in [7, 11) is 1.65. The van der Waals surface area contributed by atoms with Crippen molar-refractivity contribution >= 4 is 51.6 Å². The van der Waals surface area contributed by atoms with Crippen LogP contribution in [-0.4, -0.2) is 19.6 Å². The van der Waals surface area contributed by atoms with E-state index in [4.69, 9.17) is 10.5 Å². The summed E-state index contributed by atoms with van der Waals surface area (Å²) in [4.78, 5) is 4.54. The maximum absolute atomic E-state index is 6.02. The highest BCUT2D eigenvalue weighted by molar-refractivity contribution is 14.0. The average molecular weight is 502 g/mol. The van der Waals surface area contributed by atoms with Crippen molar-refractivity contribution in [2.24, 2.45) is 10.7 Å². The van der Waals surface area contributed by atoms with Crippen molar-refractivity contribution in [3.63, 3.8) is 0 Å². The first kappa shape index (κ1) is 19.1. The molecule has 0 saturated heterocycles. The van der Waals surface area contributed by atoms with Crippen molar-refractivity contribution in [2.75, 3.05) is 19.0 Å². The highest BCUT2D eigenvalue weighted by Crippen LogP contribution is 2.50. The van der Waals surface area contributed by atoms with Crippen LogP contribution in [0.2, 0.25) is 0 Å². The Bertz CT molecular complexity index is 714. The predicted molar refractivity (Wildman–Crippen MR) is 114 cm³/mol. The molecule has 24 heavy (non-hydrogen) atoms. The van der Waals surface area contributed by atoms with Gasteiger partial charge in [-0.1, -0.05) is 34.1 Å². The lowest BCUT2D eigenvalue weighted by Crippen LogP contribution is -2.25. The Balaban J connectivity index is 0.00000208. The van der Waals surface area contributed by atoms with E-state index in [1.165, 1.54) is 5.56 Å². The van der Waals surface area contributed by atoms with Gasteiger partial charge in [0.05, 0.1) is 13.7 Å². The van der Waals surface area contributed by atoms with Crippen molar-refractivity contribution in [1.82, 2.24) is 0 Å². The Labute approximate surface area is 168 Å². The maximum atomic E-state index is 6.02. The minimum absolute atomic E-state index is 0. The Morgan fingerprint density at radius 1 is 1.21 bits per heavy atom. The number of hydrogen-bond donors (Lipinski definition) is 2. The van der Waals surface area contributed by atoms with Crippen LogP contribution in [0.1, 0.15) is 18.4 Å². The molecular weight excluding hydrogens is 481 g/mol. The van der Waals surface area contributed by atoms with E-state index in [1.54, 1.807) is 7.11 Å². The van der Waals surface area contributed by atoms with Gasteiger partial charge < -0.3 is 15.8 Å². The minimum atomic E-state index is 0. The van der Waals surface area contributed by atoms with Crippen LogP contribution in [0.5, 0.6) is 5.75 Å². The summed E-state index contributed by atoms with van der Waals surface area (Å²) in [5, 5.41) is 3.12. The minimum Gasteiger partial charge on any atom is -0.497 e. The smallest absolute Gasteiger partial charge is 0.193 e. The summed E-state index contributed by atoms with van der Waals surface area (Å²) in [6.07, 6.45) is 2.30. The number of benzene rings is 2. The molecule has 1 fully saturated rings. The van der Waals surface area contributed by atoms with E-state index < -0.39 is 0 Å². The molecule has 0 bridgehead atoms. The number of anilines is 1. The normalized spacial score (nSPS) is 15.3. The number of nitrogens with one attached hydrogen (secondary N) is 1. The third kappa shape index (κ3) is 4.42. The monoisotopic (exact) mass is 501 g/mol. The molecule has 3 N–H and O–H groups in total. The Morgan fingerprint density at radius 2 is 1.88 bits per heavy atom. The van der Waals surface area contributed by atoms with Gasteiger partial charge in [-0.05, 0) is 48.7 Å². The van der Waals surface area contributed by atoms with Crippen molar-refractivity contribution in [3.8, 4) is 5.75 Å². The van der Waals surface area contributed by atoms with E-state index in [2.05, 4.69) is 44.4 Å². The average Bonchev–Trinajstić information content (AvgIpc) is 3.35. The Morgan fingerprint density at radius 3 is 2.46 bits per heavy atom. The molecule has 4 nitrogen and oxygen atoms in total. The van der Waals surface area contributed by atoms with Crippen LogP contribution in [-0.2, 0) is 5.41 Å². The van der Waals surface area contributed by atoms with Crippen LogP contribution in [0.4, 0.5) is 5.69 Å². The topological polar surface area (TPSA) is 59.6 Å². The zero-order valence-electron chi connectivity index (χ0n) is 13.5. The van der Waals surface area contributed by atoms with Crippen molar-refractivity contribution < 1.29 is 4.74 Å². The highest BCUT2D eigenvalue weighted by atomic mass is 127. The molecule has 0 aliphatic heterocycles. The van der Waals surface area contributed by atoms with Gasteiger partial charge in [-0.15, -0.1) is 24.0 Å². The SMILES string of the molecule is COc1ccc(NC(N)=NCC2(c3ccccc3Br)CC2)cc1.I. The fourth-order valence-corrected chi connectivity index (χ4v) is 3.36. The molecule has 0 amide bonds. The molecule has 0 radical (unpaired) electrons. The molecule has 1 aliphatic carbocycles. The van der Waals surface area contributed by atoms with Gasteiger partial charge >= 0.3 is 0 Å². The number of aliphatic imine (C=N–C) groups is 1. The standard InChI is InChI=1S/C18H20BrN3O.HI/c1-23-14-8-6-13(7-9-14)22-17(20)21-12-18(10-11-18)15-4-2-3-5-16(15)19;/h2-9H,10-12H2,1H3,(H3,20,21,22);1H. The molecule has 128 valence electrons. The van der Waals surface area contributed by atoms with Gasteiger partial charge in [0.2, 0.25) is 0 Å². The van der Waals surface area contributed by atoms with E-state index in [0.717, 1.165) is 28.8 Å². The third-order valence-electron chi connectivity index (χ3n) is 4.21. The number of halogens is 2. The van der Waals surface area contributed by atoms with Crippen molar-refractivity contribution in [2.45, 2.75) is 18.3 Å². The molecule has 0 spiro atoms. The lowest BCUT2D eigenvalue weighted by Gasteiger charge is -2.15. The van der Waals surface area contributed by atoms with Crippen LogP contribution in [0.3, 0.4) is 0 Å². The number of rotatable bonds is 5. The number of methoxy groups -OCH3 is 1. The molecule has 3 rings (SSSR count). The summed E-state index contributed by atoms with van der Waals surface area (Å²) in [6.45, 7) is 0.699. The zero-order valence-corrected chi connectivity index (χ0v) is 17.4. The summed E-state index contributed by atoms with van der Waals surface area (Å²) < 4.78 is 6.29. The lowest BCUT2D eigenvalue weighted by molar-refractivity contribution is 0.415. The van der Waals surface area contributed by atoms with E-state index in [-0.39, 0.29) is 29.4 Å². The summed E-state index contributed by atoms with van der Waals surface area (Å²) >= 11 is 3.64. The van der Waals surface area contributed by atoms with Crippen LogP contribution in [0.15, 0.2) is 58.0 Å². The zero-order chi connectivity index (χ0) is 16.3. The van der Waals surface area contributed by atoms with Gasteiger partial charge in [-0.2, -0.15) is 0 Å².